The van der Waals surface area contributed by atoms with Crippen LogP contribution in [0.2, 0.25) is 0 Å². The Labute approximate surface area is 157 Å². The first kappa shape index (κ1) is 22.5. The molecule has 0 aliphatic heterocycles. The number of rotatable bonds is 7. The molecule has 0 spiro atoms. The number of Topliss-reactive ketones (excluding diaryl/α,β-unsaturated/α-hetero) is 1. The fraction of sp³-hybridized carbons (Fsp3) is 0.850. The van der Waals surface area contributed by atoms with Gasteiger partial charge in [0.2, 0.25) is 0 Å². The average molecular weight is 370 g/mol. The van der Waals surface area contributed by atoms with Crippen LogP contribution >= 0.6 is 0 Å². The second-order valence-corrected chi connectivity index (χ2v) is 8.17. The zero-order chi connectivity index (χ0) is 19.9. The molecule has 6 heteroatoms. The largest absolute Gasteiger partial charge is 0.461 e. The van der Waals surface area contributed by atoms with Crippen molar-refractivity contribution in [3.05, 3.63) is 0 Å². The number of ether oxygens (including phenoxy) is 2. The zero-order valence-electron chi connectivity index (χ0n) is 17.2. The molecule has 1 amide bonds. The molecule has 0 radical (unpaired) electrons. The minimum Gasteiger partial charge on any atom is -0.461 e. The summed E-state index contributed by atoms with van der Waals surface area (Å²) in [6.07, 6.45) is 3.23. The van der Waals surface area contributed by atoms with E-state index in [1.54, 1.807) is 20.8 Å². The number of hydrogen-bond donors (Lipinski definition) is 0. The Bertz CT molecular complexity index is 497. The topological polar surface area (TPSA) is 72.9 Å². The first-order valence-corrected chi connectivity index (χ1v) is 9.79. The summed E-state index contributed by atoms with van der Waals surface area (Å²) in [7, 11) is 0. The number of carbonyl (C=O) groups excluding carboxylic acids is 3. The standard InChI is InChI=1S/C20H35NO5/c1-7-14(3)25-18(23)17(13-15-10-9-11-16(22)12-15)21(8-2)19(24)26-20(4,5)6/h14-15,17H,7-13H2,1-6H3/t14-,15-,17+/m1/s1. The van der Waals surface area contributed by atoms with Gasteiger partial charge in [-0.2, -0.15) is 0 Å². The van der Waals surface area contributed by atoms with E-state index in [-0.39, 0.29) is 17.8 Å². The van der Waals surface area contributed by atoms with E-state index >= 15 is 0 Å². The van der Waals surface area contributed by atoms with Gasteiger partial charge in [-0.1, -0.05) is 6.92 Å². The SMILES string of the molecule is CC[C@@H](C)OC(=O)[C@H](C[C@@H]1CCCC(=O)C1)N(CC)C(=O)OC(C)(C)C. The summed E-state index contributed by atoms with van der Waals surface area (Å²) in [4.78, 5) is 38.6. The van der Waals surface area contributed by atoms with E-state index in [4.69, 9.17) is 9.47 Å². The lowest BCUT2D eigenvalue weighted by Gasteiger charge is -2.34. The summed E-state index contributed by atoms with van der Waals surface area (Å²) in [5, 5.41) is 0. The van der Waals surface area contributed by atoms with Crippen molar-refractivity contribution in [2.24, 2.45) is 5.92 Å². The van der Waals surface area contributed by atoms with Crippen LogP contribution in [0.3, 0.4) is 0 Å². The van der Waals surface area contributed by atoms with Gasteiger partial charge in [-0.15, -0.1) is 0 Å². The van der Waals surface area contributed by atoms with Crippen molar-refractivity contribution in [1.82, 2.24) is 4.90 Å². The zero-order valence-corrected chi connectivity index (χ0v) is 17.2. The maximum atomic E-state index is 12.8. The van der Waals surface area contributed by atoms with Gasteiger partial charge in [0.15, 0.2) is 0 Å². The van der Waals surface area contributed by atoms with E-state index in [0.717, 1.165) is 12.8 Å². The number of likely N-dealkylation sites (N-methyl/N-ethyl adjacent to an activating group) is 1. The van der Waals surface area contributed by atoms with E-state index in [2.05, 4.69) is 0 Å². The number of amides is 1. The van der Waals surface area contributed by atoms with Gasteiger partial charge in [0.1, 0.15) is 17.4 Å². The fourth-order valence-corrected chi connectivity index (χ4v) is 3.14. The molecule has 1 rings (SSSR count). The van der Waals surface area contributed by atoms with Crippen LogP contribution in [0.15, 0.2) is 0 Å². The van der Waals surface area contributed by atoms with Crippen LogP contribution in [0, 0.1) is 5.92 Å². The third-order valence-electron chi connectivity index (χ3n) is 4.65. The number of esters is 1. The van der Waals surface area contributed by atoms with Gasteiger partial charge < -0.3 is 9.47 Å². The predicted octanol–water partition coefficient (Wildman–Crippen LogP) is 4.10. The normalized spacial score (nSPS) is 20.2. The molecule has 3 atom stereocenters. The Kier molecular flexibility index (Phi) is 8.57. The van der Waals surface area contributed by atoms with Gasteiger partial charge in [0, 0.05) is 19.4 Å². The second kappa shape index (κ2) is 9.93. The van der Waals surface area contributed by atoms with Crippen LogP contribution in [-0.2, 0) is 19.1 Å². The molecule has 1 saturated carbocycles. The van der Waals surface area contributed by atoms with E-state index in [9.17, 15) is 14.4 Å². The van der Waals surface area contributed by atoms with E-state index in [1.165, 1.54) is 4.90 Å². The summed E-state index contributed by atoms with van der Waals surface area (Å²) in [5.41, 5.74) is -0.642. The number of ketones is 1. The van der Waals surface area contributed by atoms with E-state index in [0.29, 0.717) is 32.2 Å². The lowest BCUT2D eigenvalue weighted by Crippen LogP contribution is -2.49. The highest BCUT2D eigenvalue weighted by molar-refractivity contribution is 5.82. The second-order valence-electron chi connectivity index (χ2n) is 8.17. The van der Waals surface area contributed by atoms with Crippen LogP contribution in [0.4, 0.5) is 4.79 Å². The van der Waals surface area contributed by atoms with Gasteiger partial charge in [0.25, 0.3) is 0 Å². The maximum absolute atomic E-state index is 12.8. The molecule has 6 nitrogen and oxygen atoms in total. The Morgan fingerprint density at radius 1 is 1.27 bits per heavy atom. The van der Waals surface area contributed by atoms with Gasteiger partial charge in [0.05, 0.1) is 6.10 Å². The molecule has 0 N–H and O–H groups in total. The third-order valence-corrected chi connectivity index (χ3v) is 4.65. The molecule has 1 fully saturated rings. The quantitative estimate of drug-likeness (QED) is 0.632. The average Bonchev–Trinajstić information content (AvgIpc) is 2.52. The number of carbonyl (C=O) groups is 3. The maximum Gasteiger partial charge on any atom is 0.411 e. The van der Waals surface area contributed by atoms with Gasteiger partial charge in [-0.25, -0.2) is 9.59 Å². The molecule has 0 unspecified atom stereocenters. The van der Waals surface area contributed by atoms with Gasteiger partial charge >= 0.3 is 12.1 Å². The smallest absolute Gasteiger partial charge is 0.411 e. The molecule has 0 saturated heterocycles. The number of nitrogens with zero attached hydrogens (tertiary/aromatic N) is 1. The molecular weight excluding hydrogens is 334 g/mol. The van der Waals surface area contributed by atoms with Crippen molar-refractivity contribution in [2.75, 3.05) is 6.54 Å². The van der Waals surface area contributed by atoms with E-state index in [1.807, 2.05) is 20.8 Å². The fourth-order valence-electron chi connectivity index (χ4n) is 3.14. The summed E-state index contributed by atoms with van der Waals surface area (Å²) in [6, 6.07) is -0.722. The van der Waals surface area contributed by atoms with Crippen molar-refractivity contribution in [3.8, 4) is 0 Å². The molecule has 0 aromatic carbocycles. The first-order chi connectivity index (χ1) is 12.1. The molecule has 0 heterocycles. The lowest BCUT2D eigenvalue weighted by atomic mass is 9.83. The monoisotopic (exact) mass is 369 g/mol. The van der Waals surface area contributed by atoms with Crippen molar-refractivity contribution < 1.29 is 23.9 Å². The van der Waals surface area contributed by atoms with Gasteiger partial charge in [-0.3, -0.25) is 9.69 Å². The minimum absolute atomic E-state index is 0.0993. The van der Waals surface area contributed by atoms with Crippen molar-refractivity contribution in [1.29, 1.82) is 0 Å². The highest BCUT2D eigenvalue weighted by Gasteiger charge is 2.36. The minimum atomic E-state index is -0.722. The highest BCUT2D eigenvalue weighted by atomic mass is 16.6. The van der Waals surface area contributed by atoms with Crippen LogP contribution in [0.5, 0.6) is 0 Å². The molecule has 0 aromatic heterocycles. The van der Waals surface area contributed by atoms with Crippen LogP contribution in [0.1, 0.15) is 80.1 Å². The van der Waals surface area contributed by atoms with Crippen molar-refractivity contribution in [3.63, 3.8) is 0 Å². The predicted molar refractivity (Wildman–Crippen MR) is 99.8 cm³/mol. The highest BCUT2D eigenvalue weighted by Crippen LogP contribution is 2.28. The molecule has 0 bridgehead atoms. The van der Waals surface area contributed by atoms with Crippen LogP contribution in [0.25, 0.3) is 0 Å². The van der Waals surface area contributed by atoms with Crippen molar-refractivity contribution >= 4 is 17.8 Å². The lowest BCUT2D eigenvalue weighted by molar-refractivity contribution is -0.155. The van der Waals surface area contributed by atoms with Gasteiger partial charge in [-0.05, 0) is 66.2 Å². The van der Waals surface area contributed by atoms with Crippen LogP contribution < -0.4 is 0 Å². The molecule has 0 aromatic rings. The summed E-state index contributed by atoms with van der Waals surface area (Å²) in [5.74, 6) is -0.0806. The third kappa shape index (κ3) is 7.34. The molecule has 1 aliphatic rings. The Morgan fingerprint density at radius 2 is 1.92 bits per heavy atom. The number of hydrogen-bond acceptors (Lipinski definition) is 5. The summed E-state index contributed by atoms with van der Waals surface area (Å²) in [6.45, 7) is 11.3. The Balaban J connectivity index is 2.97. The summed E-state index contributed by atoms with van der Waals surface area (Å²) < 4.78 is 11.0. The summed E-state index contributed by atoms with van der Waals surface area (Å²) >= 11 is 0. The molecular formula is C20H35NO5. The Hall–Kier alpha value is -1.59. The van der Waals surface area contributed by atoms with Crippen molar-refractivity contribution in [2.45, 2.75) is 97.8 Å². The molecule has 150 valence electrons. The molecule has 1 aliphatic carbocycles. The van der Waals surface area contributed by atoms with E-state index < -0.39 is 23.7 Å². The van der Waals surface area contributed by atoms with Crippen LogP contribution in [-0.4, -0.2) is 47.0 Å². The Morgan fingerprint density at radius 3 is 2.42 bits per heavy atom. The first-order valence-electron chi connectivity index (χ1n) is 9.79. The molecule has 26 heavy (non-hydrogen) atoms.